The second-order valence-electron chi connectivity index (χ2n) is 4.79. The first-order valence-corrected chi connectivity index (χ1v) is 5.91. The zero-order chi connectivity index (χ0) is 9.80. The largest absolute Gasteiger partial charge is 0.313 e. The van der Waals surface area contributed by atoms with Crippen LogP contribution >= 0.6 is 0 Å². The summed E-state index contributed by atoms with van der Waals surface area (Å²) in [5.74, 6) is 0.923. The fourth-order valence-corrected chi connectivity index (χ4v) is 2.38. The number of piperidine rings is 1. The van der Waals surface area contributed by atoms with Crippen LogP contribution in [-0.4, -0.2) is 37.6 Å². The van der Waals surface area contributed by atoms with Crippen molar-refractivity contribution in [3.8, 4) is 0 Å². The smallest absolute Gasteiger partial charge is 0.0136 e. The highest BCUT2D eigenvalue weighted by Crippen LogP contribution is 2.16. The summed E-state index contributed by atoms with van der Waals surface area (Å²) in [7, 11) is 2.23. The van der Waals surface area contributed by atoms with Gasteiger partial charge in [0.25, 0.3) is 0 Å². The van der Waals surface area contributed by atoms with Crippen LogP contribution in [0.2, 0.25) is 0 Å². The van der Waals surface area contributed by atoms with Gasteiger partial charge in [-0.2, -0.15) is 0 Å². The van der Waals surface area contributed by atoms with Crippen molar-refractivity contribution in [1.82, 2.24) is 10.2 Å². The van der Waals surface area contributed by atoms with Crippen LogP contribution < -0.4 is 5.32 Å². The SMILES string of the molecule is CN1CCC(CNC2CC=CC2)CC1. The predicted octanol–water partition coefficient (Wildman–Crippen LogP) is 1.64. The van der Waals surface area contributed by atoms with Crippen molar-refractivity contribution >= 4 is 0 Å². The maximum Gasteiger partial charge on any atom is 0.0136 e. The Bertz CT molecular complexity index is 184. The van der Waals surface area contributed by atoms with Crippen LogP contribution in [0.3, 0.4) is 0 Å². The Morgan fingerprint density at radius 2 is 1.86 bits per heavy atom. The lowest BCUT2D eigenvalue weighted by Crippen LogP contribution is -2.37. The van der Waals surface area contributed by atoms with Gasteiger partial charge in [-0.25, -0.2) is 0 Å². The van der Waals surface area contributed by atoms with E-state index in [4.69, 9.17) is 0 Å². The minimum absolute atomic E-state index is 0.745. The molecule has 1 heterocycles. The van der Waals surface area contributed by atoms with Gasteiger partial charge in [-0.05, 0) is 58.3 Å². The number of rotatable bonds is 3. The maximum atomic E-state index is 3.69. The van der Waals surface area contributed by atoms with Crippen LogP contribution in [0, 0.1) is 5.92 Å². The first-order valence-electron chi connectivity index (χ1n) is 5.91. The molecule has 0 bridgehead atoms. The predicted molar refractivity (Wildman–Crippen MR) is 60.4 cm³/mol. The Balaban J connectivity index is 1.61. The summed E-state index contributed by atoms with van der Waals surface area (Å²) in [6.07, 6.45) is 9.84. The molecule has 0 amide bonds. The number of nitrogens with one attached hydrogen (secondary N) is 1. The number of likely N-dealkylation sites (tertiary alicyclic amines) is 1. The second kappa shape index (κ2) is 4.94. The van der Waals surface area contributed by atoms with E-state index in [1.54, 1.807) is 0 Å². The van der Waals surface area contributed by atoms with E-state index in [-0.39, 0.29) is 0 Å². The molecule has 1 fully saturated rings. The highest BCUT2D eigenvalue weighted by atomic mass is 15.1. The van der Waals surface area contributed by atoms with Crippen molar-refractivity contribution in [1.29, 1.82) is 0 Å². The van der Waals surface area contributed by atoms with Gasteiger partial charge in [0.2, 0.25) is 0 Å². The minimum Gasteiger partial charge on any atom is -0.313 e. The van der Waals surface area contributed by atoms with Crippen molar-refractivity contribution in [2.75, 3.05) is 26.7 Å². The van der Waals surface area contributed by atoms with Gasteiger partial charge in [-0.3, -0.25) is 0 Å². The van der Waals surface area contributed by atoms with Crippen molar-refractivity contribution in [3.05, 3.63) is 12.2 Å². The summed E-state index contributed by atoms with van der Waals surface area (Å²) in [5.41, 5.74) is 0. The van der Waals surface area contributed by atoms with E-state index in [1.165, 1.54) is 45.3 Å². The molecule has 0 aromatic rings. The number of hydrogen-bond acceptors (Lipinski definition) is 2. The van der Waals surface area contributed by atoms with Gasteiger partial charge in [0.1, 0.15) is 0 Å². The Kier molecular flexibility index (Phi) is 3.60. The Morgan fingerprint density at radius 1 is 1.21 bits per heavy atom. The molecule has 80 valence electrons. The van der Waals surface area contributed by atoms with Crippen molar-refractivity contribution in [2.24, 2.45) is 5.92 Å². The average Bonchev–Trinajstić information content (AvgIpc) is 2.70. The molecule has 0 spiro atoms. The van der Waals surface area contributed by atoms with Gasteiger partial charge >= 0.3 is 0 Å². The van der Waals surface area contributed by atoms with Gasteiger partial charge in [0, 0.05) is 6.04 Å². The quantitative estimate of drug-likeness (QED) is 0.687. The maximum absolute atomic E-state index is 3.69. The molecule has 14 heavy (non-hydrogen) atoms. The van der Waals surface area contributed by atoms with Crippen LogP contribution in [0.1, 0.15) is 25.7 Å². The van der Waals surface area contributed by atoms with Crippen LogP contribution in [-0.2, 0) is 0 Å². The first kappa shape index (κ1) is 10.2. The Hall–Kier alpha value is -0.340. The van der Waals surface area contributed by atoms with E-state index in [2.05, 4.69) is 29.4 Å². The molecule has 0 aromatic carbocycles. The van der Waals surface area contributed by atoms with Gasteiger partial charge in [0.15, 0.2) is 0 Å². The lowest BCUT2D eigenvalue weighted by atomic mass is 9.97. The average molecular weight is 194 g/mol. The molecule has 2 rings (SSSR count). The Labute approximate surface area is 87.4 Å². The van der Waals surface area contributed by atoms with E-state index < -0.39 is 0 Å². The van der Waals surface area contributed by atoms with E-state index in [0.29, 0.717) is 0 Å². The molecular formula is C12H22N2. The zero-order valence-corrected chi connectivity index (χ0v) is 9.21. The van der Waals surface area contributed by atoms with Gasteiger partial charge < -0.3 is 10.2 Å². The normalized spacial score (nSPS) is 26.1. The zero-order valence-electron chi connectivity index (χ0n) is 9.21. The lowest BCUT2D eigenvalue weighted by Gasteiger charge is -2.29. The van der Waals surface area contributed by atoms with E-state index >= 15 is 0 Å². The monoisotopic (exact) mass is 194 g/mol. The van der Waals surface area contributed by atoms with E-state index in [0.717, 1.165) is 12.0 Å². The standard InChI is InChI=1S/C12H22N2/c1-14-8-6-11(7-9-14)10-13-12-4-2-3-5-12/h2-3,11-13H,4-10H2,1H3. The summed E-state index contributed by atoms with van der Waals surface area (Å²) in [6, 6.07) is 0.745. The number of hydrogen-bond donors (Lipinski definition) is 1. The highest BCUT2D eigenvalue weighted by molar-refractivity contribution is 4.97. The molecule has 2 heteroatoms. The Morgan fingerprint density at radius 3 is 2.50 bits per heavy atom. The third-order valence-electron chi connectivity index (χ3n) is 3.54. The van der Waals surface area contributed by atoms with Crippen LogP contribution in [0.4, 0.5) is 0 Å². The highest BCUT2D eigenvalue weighted by Gasteiger charge is 2.18. The molecular weight excluding hydrogens is 172 g/mol. The first-order chi connectivity index (χ1) is 6.84. The van der Waals surface area contributed by atoms with Crippen molar-refractivity contribution in [2.45, 2.75) is 31.7 Å². The van der Waals surface area contributed by atoms with Gasteiger partial charge in [-0.15, -0.1) is 0 Å². The fourth-order valence-electron chi connectivity index (χ4n) is 2.38. The fraction of sp³-hybridized carbons (Fsp3) is 0.833. The molecule has 1 aliphatic carbocycles. The summed E-state index contributed by atoms with van der Waals surface area (Å²) in [4.78, 5) is 2.44. The summed E-state index contributed by atoms with van der Waals surface area (Å²) in [5, 5.41) is 3.69. The molecule has 1 N–H and O–H groups in total. The minimum atomic E-state index is 0.745. The molecule has 0 atom stereocenters. The third kappa shape index (κ3) is 2.82. The second-order valence-corrected chi connectivity index (χ2v) is 4.79. The molecule has 2 nitrogen and oxygen atoms in total. The van der Waals surface area contributed by atoms with Gasteiger partial charge in [-0.1, -0.05) is 12.2 Å². The van der Waals surface area contributed by atoms with Crippen LogP contribution in [0.15, 0.2) is 12.2 Å². The molecule has 2 aliphatic rings. The van der Waals surface area contributed by atoms with Crippen molar-refractivity contribution < 1.29 is 0 Å². The van der Waals surface area contributed by atoms with E-state index in [9.17, 15) is 0 Å². The van der Waals surface area contributed by atoms with Crippen molar-refractivity contribution in [3.63, 3.8) is 0 Å². The third-order valence-corrected chi connectivity index (χ3v) is 3.54. The van der Waals surface area contributed by atoms with Crippen LogP contribution in [0.25, 0.3) is 0 Å². The van der Waals surface area contributed by atoms with Crippen LogP contribution in [0.5, 0.6) is 0 Å². The molecule has 1 saturated heterocycles. The van der Waals surface area contributed by atoms with Gasteiger partial charge in [0.05, 0.1) is 0 Å². The molecule has 0 saturated carbocycles. The summed E-state index contributed by atoms with van der Waals surface area (Å²) >= 11 is 0. The molecule has 0 radical (unpaired) electrons. The van der Waals surface area contributed by atoms with E-state index in [1.807, 2.05) is 0 Å². The molecule has 0 aromatic heterocycles. The molecule has 0 unspecified atom stereocenters. The lowest BCUT2D eigenvalue weighted by molar-refractivity contribution is 0.213. The summed E-state index contributed by atoms with van der Waals surface area (Å²) in [6.45, 7) is 3.81. The number of nitrogens with zero attached hydrogens (tertiary/aromatic N) is 1. The molecule has 1 aliphatic heterocycles. The topological polar surface area (TPSA) is 15.3 Å². The summed E-state index contributed by atoms with van der Waals surface area (Å²) < 4.78 is 0.